The fourth-order valence-corrected chi connectivity index (χ4v) is 2.70. The summed E-state index contributed by atoms with van der Waals surface area (Å²) in [5.41, 5.74) is 0. The normalized spacial score (nSPS) is 13.5. The van der Waals surface area contributed by atoms with Crippen LogP contribution in [0.4, 0.5) is 0 Å². The topological polar surface area (TPSA) is 85.0 Å². The maximum absolute atomic E-state index is 4.62. The van der Waals surface area contributed by atoms with Crippen LogP contribution in [0, 0.1) is 0 Å². The van der Waals surface area contributed by atoms with E-state index in [1.807, 2.05) is 16.9 Å². The van der Waals surface area contributed by atoms with Crippen molar-refractivity contribution in [1.29, 1.82) is 0 Å². The van der Waals surface area contributed by atoms with E-state index in [1.165, 1.54) is 0 Å². The molecule has 0 radical (unpaired) electrons. The second kappa shape index (κ2) is 9.60. The molecule has 1 aliphatic heterocycles. The van der Waals surface area contributed by atoms with Gasteiger partial charge in [-0.15, -0.1) is 34.2 Å². The van der Waals surface area contributed by atoms with Crippen molar-refractivity contribution in [1.82, 2.24) is 35.2 Å². The number of aryl methyl sites for hydroxylation is 2. The maximum Gasteiger partial charge on any atom is 0.191 e. The summed E-state index contributed by atoms with van der Waals surface area (Å²) in [6.45, 7) is 6.22. The molecule has 3 rings (SSSR count). The molecule has 9 heteroatoms. The number of guanidine groups is 1. The van der Waals surface area contributed by atoms with Gasteiger partial charge in [0.2, 0.25) is 0 Å². The third-order valence-electron chi connectivity index (χ3n) is 3.82. The molecule has 2 aromatic rings. The summed E-state index contributed by atoms with van der Waals surface area (Å²) in [5.74, 6) is 2.86. The summed E-state index contributed by atoms with van der Waals surface area (Å²) in [4.78, 5) is 4.62. The zero-order chi connectivity index (χ0) is 15.9. The van der Waals surface area contributed by atoms with Gasteiger partial charge in [-0.05, 0) is 25.8 Å². The van der Waals surface area contributed by atoms with Crippen molar-refractivity contribution in [3.05, 3.63) is 30.1 Å². The largest absolute Gasteiger partial charge is 0.357 e. The third kappa shape index (κ3) is 4.92. The smallest absolute Gasteiger partial charge is 0.191 e. The molecule has 0 fully saturated rings. The lowest BCUT2D eigenvalue weighted by Crippen LogP contribution is -2.38. The molecule has 24 heavy (non-hydrogen) atoms. The van der Waals surface area contributed by atoms with Gasteiger partial charge in [-0.2, -0.15) is 5.10 Å². The molecule has 132 valence electrons. The van der Waals surface area contributed by atoms with Crippen LogP contribution in [0.25, 0.3) is 0 Å². The average Bonchev–Trinajstić information content (AvgIpc) is 3.27. The van der Waals surface area contributed by atoms with Crippen LogP contribution in [-0.2, 0) is 26.1 Å². The summed E-state index contributed by atoms with van der Waals surface area (Å²) < 4.78 is 4.12. The van der Waals surface area contributed by atoms with Crippen LogP contribution in [0.5, 0.6) is 0 Å². The highest BCUT2D eigenvalue weighted by atomic mass is 127. The van der Waals surface area contributed by atoms with E-state index in [0.29, 0.717) is 6.54 Å². The standard InChI is InChI=1S/C15H24N8.HI/c1-2-16-15(17-7-4-9-22-10-5-8-19-22)18-12-14-21-20-13-6-3-11-23(13)14;/h5,8,10H,2-4,6-7,9,11-12H2,1H3,(H2,16,17,18);1H. The van der Waals surface area contributed by atoms with Gasteiger partial charge < -0.3 is 15.2 Å². The number of nitrogens with zero attached hydrogens (tertiary/aromatic N) is 6. The molecule has 0 spiro atoms. The van der Waals surface area contributed by atoms with E-state index in [0.717, 1.165) is 63.0 Å². The van der Waals surface area contributed by atoms with Gasteiger partial charge in [0.05, 0.1) is 0 Å². The van der Waals surface area contributed by atoms with E-state index in [1.54, 1.807) is 6.20 Å². The number of aromatic nitrogens is 5. The summed E-state index contributed by atoms with van der Waals surface area (Å²) in [7, 11) is 0. The van der Waals surface area contributed by atoms with Gasteiger partial charge in [0.1, 0.15) is 12.4 Å². The van der Waals surface area contributed by atoms with Gasteiger partial charge >= 0.3 is 0 Å². The fraction of sp³-hybridized carbons (Fsp3) is 0.600. The number of fused-ring (bicyclic) bond motifs is 1. The fourth-order valence-electron chi connectivity index (χ4n) is 2.70. The van der Waals surface area contributed by atoms with Gasteiger partial charge in [-0.1, -0.05) is 0 Å². The zero-order valence-corrected chi connectivity index (χ0v) is 16.3. The van der Waals surface area contributed by atoms with Crippen molar-refractivity contribution in [2.45, 2.75) is 45.8 Å². The second-order valence-corrected chi connectivity index (χ2v) is 5.53. The highest BCUT2D eigenvalue weighted by molar-refractivity contribution is 14.0. The van der Waals surface area contributed by atoms with E-state index in [-0.39, 0.29) is 24.0 Å². The van der Waals surface area contributed by atoms with E-state index < -0.39 is 0 Å². The minimum atomic E-state index is 0. The van der Waals surface area contributed by atoms with Crippen molar-refractivity contribution < 1.29 is 0 Å². The first kappa shape index (κ1) is 18.7. The number of nitrogens with one attached hydrogen (secondary N) is 2. The Morgan fingerprint density at radius 1 is 1.33 bits per heavy atom. The minimum absolute atomic E-state index is 0. The molecule has 8 nitrogen and oxygen atoms in total. The zero-order valence-electron chi connectivity index (χ0n) is 14.0. The molecule has 3 heterocycles. The van der Waals surface area contributed by atoms with Crippen LogP contribution >= 0.6 is 24.0 Å². The average molecular weight is 444 g/mol. The van der Waals surface area contributed by atoms with Gasteiger partial charge in [0.25, 0.3) is 0 Å². The van der Waals surface area contributed by atoms with Crippen LogP contribution in [0.2, 0.25) is 0 Å². The quantitative estimate of drug-likeness (QED) is 0.290. The molecule has 2 N–H and O–H groups in total. The van der Waals surface area contributed by atoms with Gasteiger partial charge in [0, 0.05) is 45.0 Å². The van der Waals surface area contributed by atoms with Crippen LogP contribution < -0.4 is 10.6 Å². The maximum atomic E-state index is 4.62. The molecule has 0 amide bonds. The molecular weight excluding hydrogens is 419 g/mol. The number of hydrogen-bond donors (Lipinski definition) is 2. The molecular formula is C15H25IN8. The number of aliphatic imine (C=N–C) groups is 1. The first-order chi connectivity index (χ1) is 11.4. The molecule has 2 aromatic heterocycles. The molecule has 0 unspecified atom stereocenters. The van der Waals surface area contributed by atoms with Crippen molar-refractivity contribution in [3.8, 4) is 0 Å². The van der Waals surface area contributed by atoms with Crippen LogP contribution in [0.1, 0.15) is 31.4 Å². The Labute approximate surface area is 159 Å². The number of rotatable bonds is 7. The highest BCUT2D eigenvalue weighted by Gasteiger charge is 2.16. The van der Waals surface area contributed by atoms with E-state index in [2.05, 4.69) is 42.4 Å². The molecule has 0 saturated carbocycles. The molecule has 0 aliphatic carbocycles. The van der Waals surface area contributed by atoms with Crippen molar-refractivity contribution >= 4 is 29.9 Å². The van der Waals surface area contributed by atoms with Crippen molar-refractivity contribution in [2.24, 2.45) is 4.99 Å². The van der Waals surface area contributed by atoms with Crippen LogP contribution in [-0.4, -0.2) is 43.6 Å². The van der Waals surface area contributed by atoms with E-state index in [4.69, 9.17) is 0 Å². The lowest BCUT2D eigenvalue weighted by molar-refractivity contribution is 0.570. The van der Waals surface area contributed by atoms with E-state index >= 15 is 0 Å². The van der Waals surface area contributed by atoms with E-state index in [9.17, 15) is 0 Å². The Morgan fingerprint density at radius 2 is 2.25 bits per heavy atom. The SMILES string of the molecule is CCNC(=NCc1nnc2n1CCC2)NCCCn1cccn1.I. The van der Waals surface area contributed by atoms with Gasteiger partial charge in [-0.25, -0.2) is 4.99 Å². The Bertz CT molecular complexity index is 634. The van der Waals surface area contributed by atoms with Crippen LogP contribution in [0.15, 0.2) is 23.5 Å². The highest BCUT2D eigenvalue weighted by Crippen LogP contribution is 2.14. The lowest BCUT2D eigenvalue weighted by atomic mass is 10.4. The Morgan fingerprint density at radius 3 is 3.04 bits per heavy atom. The summed E-state index contributed by atoms with van der Waals surface area (Å²) >= 11 is 0. The van der Waals surface area contributed by atoms with Crippen molar-refractivity contribution in [3.63, 3.8) is 0 Å². The molecule has 0 aromatic carbocycles. The van der Waals surface area contributed by atoms with Gasteiger partial charge in [0.15, 0.2) is 11.8 Å². The summed E-state index contributed by atoms with van der Waals surface area (Å²) in [6.07, 6.45) is 6.96. The molecule has 1 aliphatic rings. The number of hydrogen-bond acceptors (Lipinski definition) is 4. The predicted octanol–water partition coefficient (Wildman–Crippen LogP) is 1.18. The lowest BCUT2D eigenvalue weighted by Gasteiger charge is -2.11. The first-order valence-corrected chi connectivity index (χ1v) is 8.27. The monoisotopic (exact) mass is 444 g/mol. The first-order valence-electron chi connectivity index (χ1n) is 8.27. The summed E-state index contributed by atoms with van der Waals surface area (Å²) in [6, 6.07) is 1.94. The van der Waals surface area contributed by atoms with Crippen LogP contribution in [0.3, 0.4) is 0 Å². The second-order valence-electron chi connectivity index (χ2n) is 5.53. The molecule has 0 saturated heterocycles. The Balaban J connectivity index is 0.00000208. The molecule has 0 bridgehead atoms. The minimum Gasteiger partial charge on any atom is -0.357 e. The Kier molecular flexibility index (Phi) is 7.47. The van der Waals surface area contributed by atoms with Gasteiger partial charge in [-0.3, -0.25) is 4.68 Å². The Hall–Kier alpha value is -1.65. The summed E-state index contributed by atoms with van der Waals surface area (Å²) in [5, 5.41) is 19.3. The molecule has 0 atom stereocenters. The predicted molar refractivity (Wildman–Crippen MR) is 103 cm³/mol. The number of halogens is 1. The van der Waals surface area contributed by atoms with Crippen molar-refractivity contribution in [2.75, 3.05) is 13.1 Å². The third-order valence-corrected chi connectivity index (χ3v) is 3.82.